The number of anilines is 1. The summed E-state index contributed by atoms with van der Waals surface area (Å²) in [5.41, 5.74) is 0.738. The zero-order valence-electron chi connectivity index (χ0n) is 15.2. The van der Waals surface area contributed by atoms with Crippen molar-refractivity contribution in [2.45, 2.75) is 25.7 Å². The first-order valence-corrected chi connectivity index (χ1v) is 10.8. The summed E-state index contributed by atoms with van der Waals surface area (Å²) in [5, 5.41) is 8.10. The van der Waals surface area contributed by atoms with Crippen molar-refractivity contribution in [3.63, 3.8) is 0 Å². The minimum absolute atomic E-state index is 0.0828. The van der Waals surface area contributed by atoms with E-state index in [0.29, 0.717) is 32.5 Å². The van der Waals surface area contributed by atoms with Crippen molar-refractivity contribution in [3.8, 4) is 0 Å². The minimum atomic E-state index is -3.78. The quantitative estimate of drug-likeness (QED) is 0.786. The van der Waals surface area contributed by atoms with E-state index in [-0.39, 0.29) is 24.3 Å². The van der Waals surface area contributed by atoms with Gasteiger partial charge in [0.25, 0.3) is 10.2 Å². The molecule has 0 spiro atoms. The first kappa shape index (κ1) is 19.8. The monoisotopic (exact) mass is 394 g/mol. The Morgan fingerprint density at radius 2 is 1.67 bits per heavy atom. The Morgan fingerprint density at radius 3 is 2.37 bits per heavy atom. The van der Waals surface area contributed by atoms with E-state index in [9.17, 15) is 18.0 Å². The minimum Gasteiger partial charge on any atom is -0.342 e. The standard InChI is InChI=1S/C18H26N4O4S/c19-27(25,26)22-11-5-7-15(13-22)18(24)21-10-4-6-14(12-21)17(23)20-16-8-2-1-3-9-16/h1-3,8-9,14-15H,4-7,10-13H2,(H,20,23)(H2,19,25,26). The van der Waals surface area contributed by atoms with Crippen LogP contribution in [0.1, 0.15) is 25.7 Å². The largest absolute Gasteiger partial charge is 0.342 e. The molecular weight excluding hydrogens is 368 g/mol. The Bertz CT molecular complexity index is 784. The molecule has 2 amide bonds. The highest BCUT2D eigenvalue weighted by Crippen LogP contribution is 2.24. The lowest BCUT2D eigenvalue weighted by Crippen LogP contribution is -2.51. The maximum atomic E-state index is 12.9. The smallest absolute Gasteiger partial charge is 0.276 e. The zero-order valence-corrected chi connectivity index (χ0v) is 16.0. The summed E-state index contributed by atoms with van der Waals surface area (Å²) in [6, 6.07) is 9.24. The number of rotatable bonds is 4. The van der Waals surface area contributed by atoms with Gasteiger partial charge in [-0.05, 0) is 37.8 Å². The van der Waals surface area contributed by atoms with E-state index in [4.69, 9.17) is 5.14 Å². The molecule has 0 saturated carbocycles. The third-order valence-corrected chi connectivity index (χ3v) is 6.29. The number of hydrogen-bond donors (Lipinski definition) is 2. The summed E-state index contributed by atoms with van der Waals surface area (Å²) in [6.45, 7) is 1.43. The molecule has 148 valence electrons. The number of hydrogen-bond acceptors (Lipinski definition) is 4. The molecule has 2 saturated heterocycles. The van der Waals surface area contributed by atoms with Gasteiger partial charge in [0.05, 0.1) is 11.8 Å². The van der Waals surface area contributed by atoms with Gasteiger partial charge >= 0.3 is 0 Å². The molecule has 0 aromatic heterocycles. The number of amides is 2. The molecule has 2 heterocycles. The fourth-order valence-corrected chi connectivity index (χ4v) is 4.56. The van der Waals surface area contributed by atoms with Crippen LogP contribution in [0.25, 0.3) is 0 Å². The molecule has 2 aliphatic rings. The lowest BCUT2D eigenvalue weighted by molar-refractivity contribution is -0.139. The number of nitrogens with one attached hydrogen (secondary N) is 1. The van der Waals surface area contributed by atoms with Gasteiger partial charge in [0, 0.05) is 31.9 Å². The van der Waals surface area contributed by atoms with Gasteiger partial charge in [-0.3, -0.25) is 9.59 Å². The average molecular weight is 394 g/mol. The summed E-state index contributed by atoms with van der Waals surface area (Å²) in [7, 11) is -3.78. The summed E-state index contributed by atoms with van der Waals surface area (Å²) in [4.78, 5) is 27.1. The predicted molar refractivity (Wildman–Crippen MR) is 102 cm³/mol. The Balaban J connectivity index is 1.60. The van der Waals surface area contributed by atoms with E-state index in [1.54, 1.807) is 4.90 Å². The third-order valence-electron chi connectivity index (χ3n) is 5.24. The number of nitrogens with two attached hydrogens (primary N) is 1. The van der Waals surface area contributed by atoms with Gasteiger partial charge in [-0.15, -0.1) is 0 Å². The maximum absolute atomic E-state index is 12.9. The molecule has 2 unspecified atom stereocenters. The van der Waals surface area contributed by atoms with Gasteiger partial charge in [0.2, 0.25) is 11.8 Å². The van der Waals surface area contributed by atoms with Crippen LogP contribution in [0.5, 0.6) is 0 Å². The molecule has 2 atom stereocenters. The maximum Gasteiger partial charge on any atom is 0.276 e. The molecule has 0 aliphatic carbocycles. The SMILES string of the molecule is NS(=O)(=O)N1CCCC(C(=O)N2CCCC(C(=O)Nc3ccccc3)C2)C1. The molecule has 2 aliphatic heterocycles. The van der Waals surface area contributed by atoms with Gasteiger partial charge in [-0.1, -0.05) is 18.2 Å². The number of piperidine rings is 2. The molecule has 2 fully saturated rings. The van der Waals surface area contributed by atoms with Crippen LogP contribution in [0.3, 0.4) is 0 Å². The topological polar surface area (TPSA) is 113 Å². The number of carbonyl (C=O) groups is 2. The molecule has 8 nitrogen and oxygen atoms in total. The van der Waals surface area contributed by atoms with Crippen LogP contribution in [0.2, 0.25) is 0 Å². The second-order valence-electron chi connectivity index (χ2n) is 7.22. The Kier molecular flexibility index (Phi) is 6.13. The molecule has 3 rings (SSSR count). The first-order valence-electron chi connectivity index (χ1n) is 9.27. The van der Waals surface area contributed by atoms with Crippen LogP contribution < -0.4 is 10.5 Å². The van der Waals surface area contributed by atoms with Crippen molar-refractivity contribution in [1.29, 1.82) is 0 Å². The van der Waals surface area contributed by atoms with Crippen LogP contribution >= 0.6 is 0 Å². The van der Waals surface area contributed by atoms with Gasteiger partial charge in [-0.25, -0.2) is 5.14 Å². The number of para-hydroxylation sites is 1. The van der Waals surface area contributed by atoms with Crippen LogP contribution in [0.15, 0.2) is 30.3 Å². The van der Waals surface area contributed by atoms with E-state index in [1.807, 2.05) is 30.3 Å². The lowest BCUT2D eigenvalue weighted by atomic mass is 9.93. The molecule has 0 bridgehead atoms. The van der Waals surface area contributed by atoms with Crippen LogP contribution in [0, 0.1) is 11.8 Å². The van der Waals surface area contributed by atoms with Crippen molar-refractivity contribution >= 4 is 27.7 Å². The van der Waals surface area contributed by atoms with E-state index >= 15 is 0 Å². The predicted octanol–water partition coefficient (Wildman–Crippen LogP) is 0.779. The van der Waals surface area contributed by atoms with Crippen LogP contribution in [-0.4, -0.2) is 55.6 Å². The normalized spacial score (nSPS) is 24.4. The summed E-state index contributed by atoms with van der Waals surface area (Å²) < 4.78 is 24.3. The van der Waals surface area contributed by atoms with Crippen molar-refractivity contribution in [2.24, 2.45) is 17.0 Å². The average Bonchev–Trinajstić information content (AvgIpc) is 2.68. The molecule has 1 aromatic rings. The second kappa shape index (κ2) is 8.37. The number of benzene rings is 1. The Labute approximate surface area is 159 Å². The fourth-order valence-electron chi connectivity index (χ4n) is 3.79. The molecule has 9 heteroatoms. The Hall–Kier alpha value is -1.97. The van der Waals surface area contributed by atoms with Gasteiger partial charge in [-0.2, -0.15) is 12.7 Å². The fraction of sp³-hybridized carbons (Fsp3) is 0.556. The van der Waals surface area contributed by atoms with Crippen LogP contribution in [0.4, 0.5) is 5.69 Å². The summed E-state index contributed by atoms with van der Waals surface area (Å²) >= 11 is 0. The van der Waals surface area contributed by atoms with Crippen molar-refractivity contribution in [1.82, 2.24) is 9.21 Å². The number of likely N-dealkylation sites (tertiary alicyclic amines) is 1. The van der Waals surface area contributed by atoms with Crippen molar-refractivity contribution in [2.75, 3.05) is 31.5 Å². The van der Waals surface area contributed by atoms with Crippen LogP contribution in [-0.2, 0) is 19.8 Å². The van der Waals surface area contributed by atoms with Gasteiger partial charge in [0.1, 0.15) is 0 Å². The Morgan fingerprint density at radius 1 is 1.00 bits per heavy atom. The van der Waals surface area contributed by atoms with Crippen molar-refractivity contribution in [3.05, 3.63) is 30.3 Å². The van der Waals surface area contributed by atoms with Gasteiger partial charge < -0.3 is 10.2 Å². The zero-order chi connectivity index (χ0) is 19.4. The summed E-state index contributed by atoms with van der Waals surface area (Å²) in [6.07, 6.45) is 2.74. The van der Waals surface area contributed by atoms with E-state index < -0.39 is 16.1 Å². The highest BCUT2D eigenvalue weighted by atomic mass is 32.2. The summed E-state index contributed by atoms with van der Waals surface area (Å²) in [5.74, 6) is -0.831. The number of nitrogens with zero attached hydrogens (tertiary/aromatic N) is 2. The second-order valence-corrected chi connectivity index (χ2v) is 8.77. The molecule has 27 heavy (non-hydrogen) atoms. The molecule has 0 radical (unpaired) electrons. The third kappa shape index (κ3) is 5.06. The van der Waals surface area contributed by atoms with Gasteiger partial charge in [0.15, 0.2) is 0 Å². The molecule has 3 N–H and O–H groups in total. The van der Waals surface area contributed by atoms with E-state index in [0.717, 1.165) is 18.5 Å². The van der Waals surface area contributed by atoms with E-state index in [1.165, 1.54) is 4.31 Å². The number of carbonyl (C=O) groups excluding carboxylic acids is 2. The molecular formula is C18H26N4O4S. The highest BCUT2D eigenvalue weighted by Gasteiger charge is 2.35. The molecule has 1 aromatic carbocycles. The van der Waals surface area contributed by atoms with Crippen molar-refractivity contribution < 1.29 is 18.0 Å². The van der Waals surface area contributed by atoms with E-state index in [2.05, 4.69) is 5.32 Å². The highest BCUT2D eigenvalue weighted by molar-refractivity contribution is 7.86. The lowest BCUT2D eigenvalue weighted by Gasteiger charge is -2.37. The first-order chi connectivity index (χ1) is 12.8.